The van der Waals surface area contributed by atoms with Gasteiger partial charge in [0.15, 0.2) is 0 Å². The average Bonchev–Trinajstić information content (AvgIpc) is 3.02. The highest BCUT2D eigenvalue weighted by Gasteiger charge is 2.41. The van der Waals surface area contributed by atoms with Crippen LogP contribution in [0.3, 0.4) is 0 Å². The van der Waals surface area contributed by atoms with E-state index in [4.69, 9.17) is 16.7 Å². The lowest BCUT2D eigenvalue weighted by molar-refractivity contribution is -0.385. The molecule has 4 atom stereocenters. The van der Waals surface area contributed by atoms with Crippen LogP contribution < -0.4 is 5.30 Å². The van der Waals surface area contributed by atoms with Crippen molar-refractivity contribution in [2.75, 3.05) is 6.61 Å². The number of aliphatic hydroxyl groups is 2. The van der Waals surface area contributed by atoms with E-state index in [1.165, 1.54) is 12.1 Å². The number of nitrogens with zero attached hydrogens (tertiary/aromatic N) is 1. The first-order valence-corrected chi connectivity index (χ1v) is 13.0. The zero-order valence-electron chi connectivity index (χ0n) is 18.1. The number of aryl methyl sites for hydroxylation is 2. The van der Waals surface area contributed by atoms with Crippen molar-refractivity contribution in [3.8, 4) is 0 Å². The van der Waals surface area contributed by atoms with Crippen LogP contribution in [0.15, 0.2) is 42.5 Å². The maximum absolute atomic E-state index is 11.5. The third-order valence-electron chi connectivity index (χ3n) is 6.48. The minimum atomic E-state index is -4.59. The van der Waals surface area contributed by atoms with E-state index in [0.717, 1.165) is 30.0 Å². The Morgan fingerprint density at radius 3 is 2.33 bits per heavy atom. The van der Waals surface area contributed by atoms with Crippen LogP contribution >= 0.6 is 19.2 Å². The van der Waals surface area contributed by atoms with Gasteiger partial charge in [0.25, 0.3) is 5.69 Å². The van der Waals surface area contributed by atoms with Gasteiger partial charge in [-0.3, -0.25) is 14.7 Å². The molecule has 4 N–H and O–H groups in total. The van der Waals surface area contributed by atoms with Gasteiger partial charge in [0, 0.05) is 23.6 Å². The normalized spacial score (nSPS) is 23.1. The number of aliphatic hydroxyl groups excluding tert-OH is 2. The summed E-state index contributed by atoms with van der Waals surface area (Å²) >= 11 is 6.56. The zero-order valence-corrected chi connectivity index (χ0v) is 19.7. The van der Waals surface area contributed by atoms with Crippen molar-refractivity contribution in [3.05, 3.63) is 69.3 Å². The summed E-state index contributed by atoms with van der Waals surface area (Å²) in [7, 11) is -4.59. The van der Waals surface area contributed by atoms with Crippen LogP contribution in [0.5, 0.6) is 0 Å². The maximum atomic E-state index is 11.5. The molecule has 0 amide bonds. The molecule has 1 fully saturated rings. The second kappa shape index (κ2) is 11.1. The molecule has 1 aliphatic rings. The van der Waals surface area contributed by atoms with Gasteiger partial charge >= 0.3 is 7.60 Å². The Labute approximate surface area is 197 Å². The fourth-order valence-electron chi connectivity index (χ4n) is 4.78. The summed E-state index contributed by atoms with van der Waals surface area (Å²) in [5.41, 5.74) is 2.24. The number of nitro benzene ring substituents is 1. The third kappa shape index (κ3) is 6.63. The van der Waals surface area contributed by atoms with Gasteiger partial charge in [0.1, 0.15) is 0 Å². The molecule has 0 radical (unpaired) electrons. The van der Waals surface area contributed by atoms with Crippen LogP contribution in [0.1, 0.15) is 36.0 Å². The van der Waals surface area contributed by atoms with Crippen molar-refractivity contribution in [2.24, 2.45) is 11.8 Å². The van der Waals surface area contributed by atoms with Crippen molar-refractivity contribution in [2.45, 2.75) is 50.0 Å². The SMILES string of the molecule is O=[N+]([O-])c1cc(P(=O)(O)O)ccc1CC[C@H]1C(O)CC(Cl)[C@@H]1CCc1cccc(CCO)c1. The molecule has 8 nitrogen and oxygen atoms in total. The van der Waals surface area contributed by atoms with E-state index < -0.39 is 18.6 Å². The van der Waals surface area contributed by atoms with Gasteiger partial charge in [0.05, 0.1) is 16.3 Å². The van der Waals surface area contributed by atoms with E-state index in [2.05, 4.69) is 6.07 Å². The Balaban J connectivity index is 1.71. The smallest absolute Gasteiger partial charge is 0.356 e. The lowest BCUT2D eigenvalue weighted by Gasteiger charge is -2.23. The summed E-state index contributed by atoms with van der Waals surface area (Å²) in [5.74, 6) is -0.0919. The lowest BCUT2D eigenvalue weighted by atomic mass is 9.84. The number of hydrogen-bond acceptors (Lipinski definition) is 5. The standard InChI is InChI=1S/C23H29ClNO7P/c24-21-14-23(27)20(19(21)8-4-15-2-1-3-16(12-15)10-11-26)9-6-17-5-7-18(33(30,31)32)13-22(17)25(28)29/h1-3,5,7,12-13,19-21,23,26-27H,4,6,8-11,14H2,(H2,30,31,32)/t19-,20-,21?,23?/m1/s1. The van der Waals surface area contributed by atoms with Gasteiger partial charge in [-0.05, 0) is 67.6 Å². The molecule has 0 heterocycles. The monoisotopic (exact) mass is 497 g/mol. The minimum Gasteiger partial charge on any atom is -0.396 e. The molecule has 2 aromatic carbocycles. The minimum absolute atomic E-state index is 0.0385. The van der Waals surface area contributed by atoms with Crippen molar-refractivity contribution in [1.82, 2.24) is 0 Å². The van der Waals surface area contributed by atoms with Crippen LogP contribution in [0, 0.1) is 22.0 Å². The molecule has 0 aromatic heterocycles. The summed E-state index contributed by atoms with van der Waals surface area (Å²) in [4.78, 5) is 29.5. The quantitative estimate of drug-likeness (QED) is 0.171. The van der Waals surface area contributed by atoms with Crippen LogP contribution in [0.4, 0.5) is 5.69 Å². The third-order valence-corrected chi connectivity index (χ3v) is 7.94. The van der Waals surface area contributed by atoms with Crippen molar-refractivity contribution in [3.63, 3.8) is 0 Å². The Morgan fingerprint density at radius 1 is 1.03 bits per heavy atom. The molecule has 180 valence electrons. The first kappa shape index (κ1) is 25.8. The topological polar surface area (TPSA) is 141 Å². The van der Waals surface area contributed by atoms with E-state index in [0.29, 0.717) is 31.2 Å². The number of halogens is 1. The van der Waals surface area contributed by atoms with E-state index in [-0.39, 0.29) is 34.8 Å². The molecule has 10 heteroatoms. The first-order valence-electron chi connectivity index (χ1n) is 10.9. The average molecular weight is 498 g/mol. The molecule has 2 unspecified atom stereocenters. The van der Waals surface area contributed by atoms with E-state index in [1.807, 2.05) is 18.2 Å². The Hall–Kier alpha value is -1.80. The summed E-state index contributed by atoms with van der Waals surface area (Å²) in [6.45, 7) is 0.0887. The predicted octanol–water partition coefficient (Wildman–Crippen LogP) is 3.10. The summed E-state index contributed by atoms with van der Waals surface area (Å²) < 4.78 is 11.5. The molecule has 33 heavy (non-hydrogen) atoms. The number of nitro groups is 1. The lowest BCUT2D eigenvalue weighted by Crippen LogP contribution is -2.22. The van der Waals surface area contributed by atoms with Gasteiger partial charge in [0.2, 0.25) is 0 Å². The van der Waals surface area contributed by atoms with Crippen LogP contribution in [0.2, 0.25) is 0 Å². The molecule has 0 spiro atoms. The molecule has 0 aliphatic heterocycles. The molecule has 1 aliphatic carbocycles. The molecular weight excluding hydrogens is 469 g/mol. The van der Waals surface area contributed by atoms with Gasteiger partial charge in [-0.1, -0.05) is 30.3 Å². The molecule has 3 rings (SSSR count). The van der Waals surface area contributed by atoms with E-state index in [1.54, 1.807) is 0 Å². The van der Waals surface area contributed by atoms with Crippen molar-refractivity contribution < 1.29 is 29.5 Å². The highest BCUT2D eigenvalue weighted by molar-refractivity contribution is 7.60. The summed E-state index contributed by atoms with van der Waals surface area (Å²) in [6.07, 6.45) is 2.76. The van der Waals surface area contributed by atoms with E-state index >= 15 is 0 Å². The predicted molar refractivity (Wildman–Crippen MR) is 126 cm³/mol. The summed E-state index contributed by atoms with van der Waals surface area (Å²) in [6, 6.07) is 11.5. The second-order valence-corrected chi connectivity index (χ2v) is 10.8. The molecule has 0 bridgehead atoms. The maximum Gasteiger partial charge on any atom is 0.356 e. The molecule has 0 saturated heterocycles. The molecular formula is C23H29ClNO7P. The fourth-order valence-corrected chi connectivity index (χ4v) is 5.83. The largest absolute Gasteiger partial charge is 0.396 e. The van der Waals surface area contributed by atoms with Gasteiger partial charge < -0.3 is 20.0 Å². The van der Waals surface area contributed by atoms with Crippen LogP contribution in [-0.2, 0) is 23.8 Å². The number of benzene rings is 2. The van der Waals surface area contributed by atoms with Crippen molar-refractivity contribution in [1.29, 1.82) is 0 Å². The Bertz CT molecular complexity index is 1030. The first-order chi connectivity index (χ1) is 15.6. The molecule has 1 saturated carbocycles. The van der Waals surface area contributed by atoms with Gasteiger partial charge in [-0.2, -0.15) is 0 Å². The highest BCUT2D eigenvalue weighted by Crippen LogP contribution is 2.42. The van der Waals surface area contributed by atoms with Gasteiger partial charge in [-0.15, -0.1) is 11.6 Å². The van der Waals surface area contributed by atoms with E-state index in [9.17, 15) is 29.6 Å². The van der Waals surface area contributed by atoms with Crippen LogP contribution in [0.25, 0.3) is 0 Å². The second-order valence-electron chi connectivity index (χ2n) is 8.63. The fraction of sp³-hybridized carbons (Fsp3) is 0.478. The molecule has 2 aromatic rings. The van der Waals surface area contributed by atoms with Crippen LogP contribution in [-0.4, -0.2) is 43.0 Å². The Kier molecular flexibility index (Phi) is 8.67. The van der Waals surface area contributed by atoms with Gasteiger partial charge in [-0.25, -0.2) is 0 Å². The number of alkyl halides is 1. The zero-order chi connectivity index (χ0) is 24.2. The summed E-state index contributed by atoms with van der Waals surface area (Å²) in [5, 5.41) is 30.6. The van der Waals surface area contributed by atoms with Crippen molar-refractivity contribution >= 4 is 30.2 Å². The Morgan fingerprint density at radius 2 is 1.70 bits per heavy atom. The highest BCUT2D eigenvalue weighted by atomic mass is 35.5. The number of hydrogen-bond donors (Lipinski definition) is 4. The number of rotatable bonds is 10.